The summed E-state index contributed by atoms with van der Waals surface area (Å²) in [5.41, 5.74) is 3.23. The molecule has 2 rings (SSSR count). The van der Waals surface area contributed by atoms with Gasteiger partial charge in [-0.05, 0) is 26.0 Å². The van der Waals surface area contributed by atoms with Gasteiger partial charge in [-0.1, -0.05) is 17.9 Å². The Balaban J connectivity index is 2.24. The van der Waals surface area contributed by atoms with Crippen LogP contribution in [-0.4, -0.2) is 29.9 Å². The van der Waals surface area contributed by atoms with Gasteiger partial charge in [0.1, 0.15) is 0 Å². The smallest absolute Gasteiger partial charge is 0.305 e. The van der Waals surface area contributed by atoms with Crippen LogP contribution in [0.1, 0.15) is 34.6 Å². The van der Waals surface area contributed by atoms with Crippen LogP contribution in [0.2, 0.25) is 0 Å². The summed E-state index contributed by atoms with van der Waals surface area (Å²) in [6.45, 7) is 3.80. The molecule has 0 N–H and O–H groups in total. The first kappa shape index (κ1) is 16.4. The topological polar surface area (TPSA) is 72.9 Å². The van der Waals surface area contributed by atoms with Crippen molar-refractivity contribution in [3.8, 4) is 0 Å². The highest BCUT2D eigenvalue weighted by Crippen LogP contribution is 2.49. The zero-order chi connectivity index (χ0) is 16.2. The Labute approximate surface area is 128 Å². The Morgan fingerprint density at radius 1 is 1.09 bits per heavy atom. The molecule has 116 valence electrons. The van der Waals surface area contributed by atoms with E-state index in [-0.39, 0.29) is 13.2 Å². The fourth-order valence-corrected chi connectivity index (χ4v) is 3.19. The molecule has 7 heteroatoms. The van der Waals surface area contributed by atoms with E-state index >= 15 is 0 Å². The SMILES string of the molecule is CCOP(=O)(C=C=CN1C(=O)c2ccccc2C1=O)OCC. The first-order chi connectivity index (χ1) is 10.5. The van der Waals surface area contributed by atoms with E-state index in [2.05, 4.69) is 5.73 Å². The third-order valence-corrected chi connectivity index (χ3v) is 4.58. The van der Waals surface area contributed by atoms with Crippen molar-refractivity contribution in [2.24, 2.45) is 0 Å². The van der Waals surface area contributed by atoms with Gasteiger partial charge in [0.15, 0.2) is 0 Å². The molecule has 0 unspecified atom stereocenters. The molecule has 0 bridgehead atoms. The lowest BCUT2D eigenvalue weighted by Crippen LogP contribution is -2.23. The number of hydrogen-bond acceptors (Lipinski definition) is 5. The van der Waals surface area contributed by atoms with Gasteiger partial charge in [-0.25, -0.2) is 4.90 Å². The Morgan fingerprint density at radius 2 is 1.59 bits per heavy atom. The van der Waals surface area contributed by atoms with Crippen LogP contribution in [-0.2, 0) is 13.6 Å². The summed E-state index contributed by atoms with van der Waals surface area (Å²) < 4.78 is 22.3. The molecule has 6 nitrogen and oxygen atoms in total. The molecule has 2 amide bonds. The van der Waals surface area contributed by atoms with Crippen LogP contribution in [0.5, 0.6) is 0 Å². The molecule has 22 heavy (non-hydrogen) atoms. The summed E-state index contributed by atoms with van der Waals surface area (Å²) in [4.78, 5) is 25.1. The van der Waals surface area contributed by atoms with E-state index in [0.29, 0.717) is 11.1 Å². The summed E-state index contributed by atoms with van der Waals surface area (Å²) in [7, 11) is -3.41. The molecule has 0 aliphatic carbocycles. The average molecular weight is 321 g/mol. The van der Waals surface area contributed by atoms with Gasteiger partial charge in [-0.15, -0.1) is 0 Å². The molecule has 1 aromatic rings. The molecule has 0 spiro atoms. The van der Waals surface area contributed by atoms with Gasteiger partial charge < -0.3 is 9.05 Å². The molecule has 1 heterocycles. The van der Waals surface area contributed by atoms with E-state index in [1.165, 1.54) is 0 Å². The predicted octanol–water partition coefficient (Wildman–Crippen LogP) is 3.18. The minimum absolute atomic E-state index is 0.211. The van der Waals surface area contributed by atoms with Gasteiger partial charge in [0.25, 0.3) is 11.8 Å². The van der Waals surface area contributed by atoms with E-state index in [9.17, 15) is 14.2 Å². The number of rotatable bonds is 6. The minimum atomic E-state index is -3.41. The lowest BCUT2D eigenvalue weighted by Gasteiger charge is -2.11. The van der Waals surface area contributed by atoms with Gasteiger partial charge in [0.05, 0.1) is 36.4 Å². The lowest BCUT2D eigenvalue weighted by atomic mass is 10.1. The summed E-state index contributed by atoms with van der Waals surface area (Å²) in [6.07, 6.45) is 1.15. The summed E-state index contributed by atoms with van der Waals surface area (Å²) in [5, 5.41) is 0. The standard InChI is InChI=1S/C15H16NO5P/c1-3-20-22(19,21-4-2)11-7-10-16-14(17)12-8-5-6-9-13(12)15(16)18/h5-6,8-11H,3-4H2,1-2H3. The van der Waals surface area contributed by atoms with Crippen molar-refractivity contribution in [2.45, 2.75) is 13.8 Å². The number of fused-ring (bicyclic) bond motifs is 1. The Hall–Kier alpha value is -1.97. The van der Waals surface area contributed by atoms with Crippen molar-refractivity contribution >= 4 is 19.4 Å². The van der Waals surface area contributed by atoms with Crippen LogP contribution in [0, 0.1) is 0 Å². The quantitative estimate of drug-likeness (QED) is 0.457. The van der Waals surface area contributed by atoms with E-state index in [1.807, 2.05) is 0 Å². The van der Waals surface area contributed by atoms with Crippen molar-refractivity contribution in [1.29, 1.82) is 0 Å². The maximum Gasteiger partial charge on any atom is 0.361 e. The summed E-state index contributed by atoms with van der Waals surface area (Å²) in [5.74, 6) is 0.233. The zero-order valence-corrected chi connectivity index (χ0v) is 13.2. The Bertz CT molecular complexity index is 661. The van der Waals surface area contributed by atoms with Crippen molar-refractivity contribution in [3.63, 3.8) is 0 Å². The van der Waals surface area contributed by atoms with E-state index < -0.39 is 19.4 Å². The number of amides is 2. The summed E-state index contributed by atoms with van der Waals surface area (Å²) in [6, 6.07) is 6.54. The fourth-order valence-electron chi connectivity index (χ4n) is 2.00. The summed E-state index contributed by atoms with van der Waals surface area (Å²) >= 11 is 0. The van der Waals surface area contributed by atoms with Crippen LogP contribution in [0.4, 0.5) is 0 Å². The van der Waals surface area contributed by atoms with Crippen LogP contribution in [0.15, 0.2) is 42.0 Å². The van der Waals surface area contributed by atoms with Crippen LogP contribution < -0.4 is 0 Å². The maximum absolute atomic E-state index is 12.2. The molecular formula is C15H16NO5P. The molecule has 0 aromatic heterocycles. The van der Waals surface area contributed by atoms with E-state index in [0.717, 1.165) is 16.9 Å². The van der Waals surface area contributed by atoms with Crippen molar-refractivity contribution in [3.05, 3.63) is 53.1 Å². The van der Waals surface area contributed by atoms with Crippen LogP contribution in [0.25, 0.3) is 0 Å². The third-order valence-electron chi connectivity index (χ3n) is 2.88. The highest BCUT2D eigenvalue weighted by Gasteiger charge is 2.33. The Kier molecular flexibility index (Phi) is 5.11. The largest absolute Gasteiger partial charge is 0.361 e. The second kappa shape index (κ2) is 6.86. The second-order valence-corrected chi connectivity index (χ2v) is 6.18. The fraction of sp³-hybridized carbons (Fsp3) is 0.267. The molecule has 1 aromatic carbocycles. The molecule has 0 saturated carbocycles. The molecule has 1 aliphatic heterocycles. The minimum Gasteiger partial charge on any atom is -0.305 e. The van der Waals surface area contributed by atoms with Crippen molar-refractivity contribution in [1.82, 2.24) is 4.90 Å². The Morgan fingerprint density at radius 3 is 2.05 bits per heavy atom. The number of carbonyl (C=O) groups is 2. The molecular weight excluding hydrogens is 305 g/mol. The van der Waals surface area contributed by atoms with Crippen LogP contribution >= 0.6 is 7.60 Å². The average Bonchev–Trinajstić information content (AvgIpc) is 2.73. The number of hydrogen-bond donors (Lipinski definition) is 0. The number of benzene rings is 1. The molecule has 0 radical (unpaired) electrons. The normalized spacial score (nSPS) is 13.8. The van der Waals surface area contributed by atoms with Gasteiger partial charge in [0, 0.05) is 0 Å². The highest BCUT2D eigenvalue weighted by molar-refractivity contribution is 7.57. The molecule has 0 fully saturated rings. The first-order valence-electron chi connectivity index (χ1n) is 6.82. The van der Waals surface area contributed by atoms with E-state index in [4.69, 9.17) is 9.05 Å². The molecule has 0 atom stereocenters. The van der Waals surface area contributed by atoms with Crippen molar-refractivity contribution in [2.75, 3.05) is 13.2 Å². The number of carbonyl (C=O) groups excluding carboxylic acids is 2. The second-order valence-electron chi connectivity index (χ2n) is 4.33. The predicted molar refractivity (Wildman–Crippen MR) is 80.5 cm³/mol. The number of nitrogens with zero attached hydrogens (tertiary/aromatic N) is 1. The lowest BCUT2D eigenvalue weighted by molar-refractivity contribution is 0.0721. The molecule has 1 aliphatic rings. The van der Waals surface area contributed by atoms with Gasteiger partial charge >= 0.3 is 7.60 Å². The number of imide groups is 1. The maximum atomic E-state index is 12.2. The highest BCUT2D eigenvalue weighted by atomic mass is 31.2. The third kappa shape index (κ3) is 3.26. The van der Waals surface area contributed by atoms with Gasteiger partial charge in [-0.3, -0.25) is 14.2 Å². The zero-order valence-electron chi connectivity index (χ0n) is 12.3. The molecule has 0 saturated heterocycles. The first-order valence-corrected chi connectivity index (χ1v) is 8.43. The van der Waals surface area contributed by atoms with Gasteiger partial charge in [0.2, 0.25) is 0 Å². The van der Waals surface area contributed by atoms with Gasteiger partial charge in [-0.2, -0.15) is 0 Å². The van der Waals surface area contributed by atoms with Crippen molar-refractivity contribution < 1.29 is 23.2 Å². The van der Waals surface area contributed by atoms with Crippen LogP contribution in [0.3, 0.4) is 0 Å². The van der Waals surface area contributed by atoms with E-state index in [1.54, 1.807) is 38.1 Å². The monoisotopic (exact) mass is 321 g/mol.